The third-order valence-corrected chi connectivity index (χ3v) is 5.60. The first-order valence-electron chi connectivity index (χ1n) is 7.82. The molecule has 1 heterocycles. The zero-order valence-electron chi connectivity index (χ0n) is 13.6. The van der Waals surface area contributed by atoms with Crippen LogP contribution in [-0.2, 0) is 14.8 Å². The Balaban J connectivity index is 2.13. The van der Waals surface area contributed by atoms with Gasteiger partial charge in [0.05, 0.1) is 4.90 Å². The van der Waals surface area contributed by atoms with Crippen LogP contribution >= 0.6 is 0 Å². The first-order chi connectivity index (χ1) is 10.4. The molecular formula is C17H25NO3S. The molecule has 0 aromatic heterocycles. The van der Waals surface area contributed by atoms with Gasteiger partial charge in [0.1, 0.15) is 6.23 Å². The van der Waals surface area contributed by atoms with Crippen molar-refractivity contribution in [1.29, 1.82) is 0 Å². The molecule has 1 atom stereocenters. The van der Waals surface area contributed by atoms with Crippen LogP contribution < -0.4 is 0 Å². The Labute approximate surface area is 133 Å². The van der Waals surface area contributed by atoms with Crippen LogP contribution in [0.5, 0.6) is 0 Å². The van der Waals surface area contributed by atoms with E-state index in [9.17, 15) is 8.42 Å². The Hall–Kier alpha value is -1.17. The number of benzene rings is 1. The molecular weight excluding hydrogens is 298 g/mol. The first-order valence-corrected chi connectivity index (χ1v) is 9.26. The summed E-state index contributed by atoms with van der Waals surface area (Å²) in [5, 5.41) is 0. The van der Waals surface area contributed by atoms with Crippen LogP contribution in [0.15, 0.2) is 40.8 Å². The Morgan fingerprint density at radius 2 is 1.86 bits per heavy atom. The Morgan fingerprint density at radius 3 is 2.50 bits per heavy atom. The minimum atomic E-state index is -3.52. The minimum absolute atomic E-state index is 0.323. The zero-order chi connectivity index (χ0) is 16.2. The van der Waals surface area contributed by atoms with E-state index in [1.54, 1.807) is 12.1 Å². The Kier molecular flexibility index (Phi) is 5.78. The highest BCUT2D eigenvalue weighted by atomic mass is 32.2. The molecule has 0 amide bonds. The van der Waals surface area contributed by atoms with E-state index in [0.29, 0.717) is 18.0 Å². The van der Waals surface area contributed by atoms with Crippen molar-refractivity contribution >= 4 is 10.0 Å². The molecule has 0 unspecified atom stereocenters. The van der Waals surface area contributed by atoms with Crippen LogP contribution in [0.25, 0.3) is 0 Å². The number of hydrogen-bond acceptors (Lipinski definition) is 3. The van der Waals surface area contributed by atoms with Gasteiger partial charge in [-0.25, -0.2) is 8.42 Å². The molecule has 0 radical (unpaired) electrons. The number of hydrogen-bond donors (Lipinski definition) is 0. The molecule has 4 nitrogen and oxygen atoms in total. The molecule has 0 aliphatic carbocycles. The fourth-order valence-electron chi connectivity index (χ4n) is 2.47. The second-order valence-corrected chi connectivity index (χ2v) is 7.74. The van der Waals surface area contributed by atoms with Crippen LogP contribution in [-0.4, -0.2) is 32.1 Å². The molecule has 0 N–H and O–H groups in total. The van der Waals surface area contributed by atoms with Crippen molar-refractivity contribution < 1.29 is 13.2 Å². The molecule has 122 valence electrons. The molecule has 1 aliphatic rings. The van der Waals surface area contributed by atoms with Gasteiger partial charge in [0.25, 0.3) is 0 Å². The van der Waals surface area contributed by atoms with E-state index in [2.05, 4.69) is 6.92 Å². The van der Waals surface area contributed by atoms with Crippen molar-refractivity contribution in [3.63, 3.8) is 0 Å². The maximum atomic E-state index is 12.8. The van der Waals surface area contributed by atoms with Crippen molar-refractivity contribution in [2.24, 2.45) is 0 Å². The maximum absolute atomic E-state index is 12.8. The number of nitrogens with zero attached hydrogens (tertiary/aromatic N) is 1. The van der Waals surface area contributed by atoms with Gasteiger partial charge in [0, 0.05) is 13.2 Å². The van der Waals surface area contributed by atoms with Gasteiger partial charge in [0.15, 0.2) is 0 Å². The lowest BCUT2D eigenvalue weighted by molar-refractivity contribution is 0.0237. The number of sulfonamides is 1. The summed E-state index contributed by atoms with van der Waals surface area (Å²) in [5.74, 6) is 0. The van der Waals surface area contributed by atoms with Gasteiger partial charge in [-0.1, -0.05) is 43.0 Å². The third-order valence-electron chi connectivity index (χ3n) is 3.78. The summed E-state index contributed by atoms with van der Waals surface area (Å²) in [6.45, 7) is 7.00. The van der Waals surface area contributed by atoms with E-state index in [4.69, 9.17) is 4.74 Å². The second kappa shape index (κ2) is 7.40. The fraction of sp³-hybridized carbons (Fsp3) is 0.529. The zero-order valence-corrected chi connectivity index (χ0v) is 14.4. The van der Waals surface area contributed by atoms with Crippen molar-refractivity contribution in [2.45, 2.75) is 51.2 Å². The van der Waals surface area contributed by atoms with Gasteiger partial charge in [-0.3, -0.25) is 0 Å². The minimum Gasteiger partial charge on any atom is -0.358 e. The van der Waals surface area contributed by atoms with Crippen LogP contribution in [0.2, 0.25) is 0 Å². The SMILES string of the molecule is CCCCCO[C@H]1C=C(C)CN1S(=O)(=O)c1ccc(C)cc1. The van der Waals surface area contributed by atoms with Gasteiger partial charge in [0.2, 0.25) is 10.0 Å². The molecule has 2 rings (SSSR count). The number of ether oxygens (including phenoxy) is 1. The molecule has 0 fully saturated rings. The summed E-state index contributed by atoms with van der Waals surface area (Å²) in [6, 6.07) is 6.96. The molecule has 5 heteroatoms. The van der Waals surface area contributed by atoms with Gasteiger partial charge < -0.3 is 4.74 Å². The van der Waals surface area contributed by atoms with Crippen molar-refractivity contribution in [2.75, 3.05) is 13.2 Å². The lowest BCUT2D eigenvalue weighted by atomic mass is 10.2. The molecule has 0 bridgehead atoms. The van der Waals surface area contributed by atoms with E-state index < -0.39 is 16.3 Å². The van der Waals surface area contributed by atoms with Gasteiger partial charge in [-0.05, 0) is 38.5 Å². The summed E-state index contributed by atoms with van der Waals surface area (Å²) < 4.78 is 32.8. The Bertz CT molecular complexity index is 620. The molecule has 1 aromatic rings. The largest absolute Gasteiger partial charge is 0.358 e. The van der Waals surface area contributed by atoms with Gasteiger partial charge >= 0.3 is 0 Å². The van der Waals surface area contributed by atoms with Crippen LogP contribution in [0.1, 0.15) is 38.7 Å². The quantitative estimate of drug-likeness (QED) is 0.570. The predicted molar refractivity (Wildman–Crippen MR) is 88.1 cm³/mol. The maximum Gasteiger partial charge on any atom is 0.245 e. The number of unbranched alkanes of at least 4 members (excludes halogenated alkanes) is 2. The summed E-state index contributed by atoms with van der Waals surface area (Å²) >= 11 is 0. The summed E-state index contributed by atoms with van der Waals surface area (Å²) in [4.78, 5) is 0.323. The standard InChI is InChI=1S/C17H25NO3S/c1-4-5-6-11-21-17-12-15(3)13-18(17)22(19,20)16-9-7-14(2)8-10-16/h7-10,12,17H,4-6,11,13H2,1-3H3/t17-/m0/s1. The van der Waals surface area contributed by atoms with E-state index in [0.717, 1.165) is 30.4 Å². The van der Waals surface area contributed by atoms with E-state index >= 15 is 0 Å². The second-order valence-electron chi connectivity index (χ2n) is 5.84. The third kappa shape index (κ3) is 3.97. The van der Waals surface area contributed by atoms with Crippen molar-refractivity contribution in [1.82, 2.24) is 4.31 Å². The lowest BCUT2D eigenvalue weighted by Crippen LogP contribution is -2.38. The van der Waals surface area contributed by atoms with Crippen molar-refractivity contribution in [3.8, 4) is 0 Å². The smallest absolute Gasteiger partial charge is 0.245 e. The monoisotopic (exact) mass is 323 g/mol. The highest BCUT2D eigenvalue weighted by molar-refractivity contribution is 7.89. The average Bonchev–Trinajstić information content (AvgIpc) is 2.86. The van der Waals surface area contributed by atoms with E-state index in [1.165, 1.54) is 4.31 Å². The molecule has 0 saturated heterocycles. The summed E-state index contributed by atoms with van der Waals surface area (Å²) in [7, 11) is -3.52. The molecule has 0 spiro atoms. The molecule has 22 heavy (non-hydrogen) atoms. The number of rotatable bonds is 7. The van der Waals surface area contributed by atoms with Crippen molar-refractivity contribution in [3.05, 3.63) is 41.5 Å². The lowest BCUT2D eigenvalue weighted by Gasteiger charge is -2.24. The summed E-state index contributed by atoms with van der Waals surface area (Å²) in [5.41, 5.74) is 2.07. The average molecular weight is 323 g/mol. The van der Waals surface area contributed by atoms with Gasteiger partial charge in [-0.15, -0.1) is 0 Å². The fourth-order valence-corrected chi connectivity index (χ4v) is 3.99. The normalized spacial score (nSPS) is 19.4. The van der Waals surface area contributed by atoms with Crippen LogP contribution in [0.4, 0.5) is 0 Å². The molecule has 0 saturated carbocycles. The van der Waals surface area contributed by atoms with Crippen LogP contribution in [0, 0.1) is 6.92 Å². The predicted octanol–water partition coefficient (Wildman–Crippen LogP) is 3.48. The number of aryl methyl sites for hydroxylation is 1. The van der Waals surface area contributed by atoms with E-state index in [-0.39, 0.29) is 0 Å². The first kappa shape index (κ1) is 17.2. The summed E-state index contributed by atoms with van der Waals surface area (Å²) in [6.07, 6.45) is 4.59. The topological polar surface area (TPSA) is 46.6 Å². The highest BCUT2D eigenvalue weighted by Crippen LogP contribution is 2.26. The van der Waals surface area contributed by atoms with Gasteiger partial charge in [-0.2, -0.15) is 4.31 Å². The van der Waals surface area contributed by atoms with Crippen LogP contribution in [0.3, 0.4) is 0 Å². The van der Waals surface area contributed by atoms with E-state index in [1.807, 2.05) is 32.1 Å². The molecule has 1 aromatic carbocycles. The highest BCUT2D eigenvalue weighted by Gasteiger charge is 2.34. The molecule has 1 aliphatic heterocycles. The Morgan fingerprint density at radius 1 is 1.18 bits per heavy atom.